The van der Waals surface area contributed by atoms with E-state index in [1.54, 1.807) is 0 Å². The normalized spacial score (nSPS) is 12.5. The first-order chi connectivity index (χ1) is 5.77. The van der Waals surface area contributed by atoms with E-state index in [0.29, 0.717) is 5.92 Å². The van der Waals surface area contributed by atoms with Gasteiger partial charge >= 0.3 is 0 Å². The first kappa shape index (κ1) is 9.05. The number of hydrogen-bond acceptors (Lipinski definition) is 0. The molecule has 1 aromatic carbocycles. The zero-order valence-electron chi connectivity index (χ0n) is 7.88. The Hall–Kier alpha value is -1.04. The fraction of sp³-hybridized carbons (Fsp3) is 0.333. The molecular formula is C12H16. The average molecular weight is 160 g/mol. The fourth-order valence-corrected chi connectivity index (χ4v) is 1.44. The first-order valence-corrected chi connectivity index (χ1v) is 4.47. The van der Waals surface area contributed by atoms with E-state index in [0.717, 1.165) is 6.42 Å². The summed E-state index contributed by atoms with van der Waals surface area (Å²) in [6.07, 6.45) is 3.15. The van der Waals surface area contributed by atoms with Gasteiger partial charge in [-0.1, -0.05) is 42.8 Å². The molecule has 0 amide bonds. The van der Waals surface area contributed by atoms with Gasteiger partial charge in [0.1, 0.15) is 0 Å². The van der Waals surface area contributed by atoms with Crippen molar-refractivity contribution in [1.82, 2.24) is 0 Å². The SMILES string of the molecule is C=CC(CC)c1cccc(C)c1. The third kappa shape index (κ3) is 1.97. The summed E-state index contributed by atoms with van der Waals surface area (Å²) in [7, 11) is 0. The van der Waals surface area contributed by atoms with Crippen LogP contribution in [0, 0.1) is 6.92 Å². The van der Waals surface area contributed by atoms with Crippen LogP contribution in [0.25, 0.3) is 0 Å². The van der Waals surface area contributed by atoms with E-state index in [1.165, 1.54) is 11.1 Å². The van der Waals surface area contributed by atoms with Crippen molar-refractivity contribution < 1.29 is 0 Å². The Morgan fingerprint density at radius 3 is 2.75 bits per heavy atom. The van der Waals surface area contributed by atoms with Crippen LogP contribution in [0.1, 0.15) is 30.4 Å². The highest BCUT2D eigenvalue weighted by Gasteiger charge is 2.03. The van der Waals surface area contributed by atoms with Crippen molar-refractivity contribution in [2.45, 2.75) is 26.2 Å². The lowest BCUT2D eigenvalue weighted by Crippen LogP contribution is -1.92. The number of hydrogen-bond donors (Lipinski definition) is 0. The second-order valence-electron chi connectivity index (χ2n) is 3.16. The van der Waals surface area contributed by atoms with Gasteiger partial charge in [0.15, 0.2) is 0 Å². The molecule has 0 aliphatic carbocycles. The van der Waals surface area contributed by atoms with Gasteiger partial charge in [-0.2, -0.15) is 0 Å². The number of rotatable bonds is 3. The van der Waals surface area contributed by atoms with E-state index in [-0.39, 0.29) is 0 Å². The summed E-state index contributed by atoms with van der Waals surface area (Å²) in [6.45, 7) is 8.15. The Labute approximate surface area is 74.9 Å². The van der Waals surface area contributed by atoms with Crippen molar-refractivity contribution in [2.75, 3.05) is 0 Å². The summed E-state index contributed by atoms with van der Waals surface area (Å²) >= 11 is 0. The predicted octanol–water partition coefficient (Wildman–Crippen LogP) is 3.67. The zero-order chi connectivity index (χ0) is 8.97. The number of benzene rings is 1. The third-order valence-electron chi connectivity index (χ3n) is 2.19. The van der Waals surface area contributed by atoms with E-state index < -0.39 is 0 Å². The van der Waals surface area contributed by atoms with Crippen molar-refractivity contribution in [3.63, 3.8) is 0 Å². The fourth-order valence-electron chi connectivity index (χ4n) is 1.44. The Kier molecular flexibility index (Phi) is 3.09. The van der Waals surface area contributed by atoms with Gasteiger partial charge in [-0.15, -0.1) is 6.58 Å². The van der Waals surface area contributed by atoms with Gasteiger partial charge in [-0.25, -0.2) is 0 Å². The molecule has 1 unspecified atom stereocenters. The summed E-state index contributed by atoms with van der Waals surface area (Å²) in [5, 5.41) is 0. The molecule has 0 aliphatic heterocycles. The molecule has 0 fully saturated rings. The molecule has 0 radical (unpaired) electrons. The van der Waals surface area contributed by atoms with E-state index in [1.807, 2.05) is 6.08 Å². The Balaban J connectivity index is 2.93. The minimum Gasteiger partial charge on any atom is -0.102 e. The van der Waals surface area contributed by atoms with Gasteiger partial charge in [0.2, 0.25) is 0 Å². The van der Waals surface area contributed by atoms with Crippen molar-refractivity contribution in [3.05, 3.63) is 48.0 Å². The largest absolute Gasteiger partial charge is 0.102 e. The average Bonchev–Trinajstić information content (AvgIpc) is 2.07. The molecule has 0 aliphatic rings. The van der Waals surface area contributed by atoms with Crippen LogP contribution in [-0.2, 0) is 0 Å². The monoisotopic (exact) mass is 160 g/mol. The molecule has 1 atom stereocenters. The van der Waals surface area contributed by atoms with Gasteiger partial charge in [0, 0.05) is 5.92 Å². The van der Waals surface area contributed by atoms with Crippen molar-refractivity contribution in [1.29, 1.82) is 0 Å². The molecule has 0 nitrogen and oxygen atoms in total. The molecule has 0 saturated carbocycles. The molecule has 0 heteroatoms. The van der Waals surface area contributed by atoms with Crippen LogP contribution in [0.2, 0.25) is 0 Å². The summed E-state index contributed by atoms with van der Waals surface area (Å²) in [4.78, 5) is 0. The van der Waals surface area contributed by atoms with Crippen molar-refractivity contribution in [2.24, 2.45) is 0 Å². The van der Waals surface area contributed by atoms with Gasteiger partial charge in [-0.3, -0.25) is 0 Å². The maximum Gasteiger partial charge on any atom is 0.00127 e. The highest BCUT2D eigenvalue weighted by Crippen LogP contribution is 2.20. The third-order valence-corrected chi connectivity index (χ3v) is 2.19. The molecule has 12 heavy (non-hydrogen) atoms. The van der Waals surface area contributed by atoms with Crippen LogP contribution in [0.15, 0.2) is 36.9 Å². The smallest absolute Gasteiger partial charge is 0.00127 e. The van der Waals surface area contributed by atoms with E-state index in [2.05, 4.69) is 44.7 Å². The molecule has 64 valence electrons. The van der Waals surface area contributed by atoms with Crippen LogP contribution < -0.4 is 0 Å². The second-order valence-corrected chi connectivity index (χ2v) is 3.16. The lowest BCUT2D eigenvalue weighted by atomic mass is 9.95. The number of allylic oxidation sites excluding steroid dienone is 1. The van der Waals surface area contributed by atoms with E-state index >= 15 is 0 Å². The lowest BCUT2D eigenvalue weighted by molar-refractivity contribution is 0.806. The zero-order valence-corrected chi connectivity index (χ0v) is 7.88. The van der Waals surface area contributed by atoms with Crippen LogP contribution >= 0.6 is 0 Å². The predicted molar refractivity (Wildman–Crippen MR) is 54.4 cm³/mol. The minimum atomic E-state index is 0.518. The maximum absolute atomic E-state index is 3.84. The highest BCUT2D eigenvalue weighted by atomic mass is 14.1. The lowest BCUT2D eigenvalue weighted by Gasteiger charge is -2.09. The molecule has 1 aromatic rings. The van der Waals surface area contributed by atoms with Crippen LogP contribution in [0.3, 0.4) is 0 Å². The molecular weight excluding hydrogens is 144 g/mol. The minimum absolute atomic E-state index is 0.518. The Morgan fingerprint density at radius 1 is 1.50 bits per heavy atom. The molecule has 0 aromatic heterocycles. The van der Waals surface area contributed by atoms with Crippen LogP contribution in [0.4, 0.5) is 0 Å². The maximum atomic E-state index is 3.84. The standard InChI is InChI=1S/C12H16/c1-4-11(5-2)12-8-6-7-10(3)9-12/h4,6-9,11H,1,5H2,2-3H3. The molecule has 1 rings (SSSR count). The Bertz CT molecular complexity index is 260. The highest BCUT2D eigenvalue weighted by molar-refractivity contribution is 5.27. The molecule has 0 bridgehead atoms. The van der Waals surface area contributed by atoms with E-state index in [9.17, 15) is 0 Å². The Morgan fingerprint density at radius 2 is 2.25 bits per heavy atom. The summed E-state index contributed by atoms with van der Waals surface area (Å²) in [5.41, 5.74) is 2.71. The van der Waals surface area contributed by atoms with E-state index in [4.69, 9.17) is 0 Å². The molecule has 0 saturated heterocycles. The van der Waals surface area contributed by atoms with Crippen LogP contribution in [0.5, 0.6) is 0 Å². The quantitative estimate of drug-likeness (QED) is 0.592. The molecule has 0 N–H and O–H groups in total. The van der Waals surface area contributed by atoms with Crippen molar-refractivity contribution >= 4 is 0 Å². The molecule has 0 spiro atoms. The van der Waals surface area contributed by atoms with Gasteiger partial charge in [-0.05, 0) is 18.9 Å². The van der Waals surface area contributed by atoms with Gasteiger partial charge < -0.3 is 0 Å². The van der Waals surface area contributed by atoms with Gasteiger partial charge in [0.25, 0.3) is 0 Å². The summed E-state index contributed by atoms with van der Waals surface area (Å²) < 4.78 is 0. The topological polar surface area (TPSA) is 0 Å². The first-order valence-electron chi connectivity index (χ1n) is 4.47. The molecule has 0 heterocycles. The van der Waals surface area contributed by atoms with Crippen molar-refractivity contribution in [3.8, 4) is 0 Å². The summed E-state index contributed by atoms with van der Waals surface area (Å²) in [5.74, 6) is 0.518. The second kappa shape index (κ2) is 4.10. The van der Waals surface area contributed by atoms with Crippen LogP contribution in [-0.4, -0.2) is 0 Å². The van der Waals surface area contributed by atoms with Gasteiger partial charge in [0.05, 0.1) is 0 Å². The summed E-state index contributed by atoms with van der Waals surface area (Å²) in [6, 6.07) is 8.63. The number of aryl methyl sites for hydroxylation is 1.